The molecule has 0 unspecified atom stereocenters. The van der Waals surface area contributed by atoms with Crippen LogP contribution >= 0.6 is 15.9 Å². The third-order valence-electron chi connectivity index (χ3n) is 4.32. The normalized spacial score (nSPS) is 11.5. The van der Waals surface area contributed by atoms with Gasteiger partial charge in [0.15, 0.2) is 6.10 Å². The van der Waals surface area contributed by atoms with Crippen molar-refractivity contribution in [2.45, 2.75) is 26.1 Å². The molecule has 0 N–H and O–H groups in total. The molecule has 29 heavy (non-hydrogen) atoms. The van der Waals surface area contributed by atoms with Crippen LogP contribution in [0.15, 0.2) is 83.6 Å². The Kier molecular flexibility index (Phi) is 7.14. The fourth-order valence-electron chi connectivity index (χ4n) is 2.88. The highest BCUT2D eigenvalue weighted by molar-refractivity contribution is 9.10. The maximum Gasteiger partial charge on any atom is 0.340 e. The van der Waals surface area contributed by atoms with Gasteiger partial charge in [0.2, 0.25) is 0 Å². The standard InChI is InChI=1S/C23H21BrN2O3/c1-17(29-23(28)20-12-21(24)14-25-13-20)22(27)26(15-18-8-4-2-5-9-18)16-19-10-6-3-7-11-19/h2-14,17H,15-16H2,1H3/t17-/m1/s1. The van der Waals surface area contributed by atoms with Gasteiger partial charge in [-0.1, -0.05) is 60.7 Å². The van der Waals surface area contributed by atoms with E-state index in [2.05, 4.69) is 20.9 Å². The van der Waals surface area contributed by atoms with Gasteiger partial charge in [0.1, 0.15) is 0 Å². The number of halogens is 1. The van der Waals surface area contributed by atoms with Gasteiger partial charge in [-0.15, -0.1) is 0 Å². The van der Waals surface area contributed by atoms with E-state index in [1.807, 2.05) is 60.7 Å². The second-order valence-electron chi connectivity index (χ2n) is 6.60. The monoisotopic (exact) mass is 452 g/mol. The smallest absolute Gasteiger partial charge is 0.340 e. The summed E-state index contributed by atoms with van der Waals surface area (Å²) in [5.41, 5.74) is 2.30. The summed E-state index contributed by atoms with van der Waals surface area (Å²) in [6, 6.07) is 21.1. The molecule has 0 spiro atoms. The van der Waals surface area contributed by atoms with Crippen LogP contribution in [0.4, 0.5) is 0 Å². The van der Waals surface area contributed by atoms with Crippen molar-refractivity contribution in [1.82, 2.24) is 9.88 Å². The van der Waals surface area contributed by atoms with E-state index in [9.17, 15) is 9.59 Å². The number of aromatic nitrogens is 1. The highest BCUT2D eigenvalue weighted by atomic mass is 79.9. The molecule has 0 aliphatic rings. The molecule has 1 amide bonds. The first-order chi connectivity index (χ1) is 14.0. The van der Waals surface area contributed by atoms with Crippen LogP contribution in [0.2, 0.25) is 0 Å². The zero-order chi connectivity index (χ0) is 20.6. The van der Waals surface area contributed by atoms with Crippen molar-refractivity contribution >= 4 is 27.8 Å². The zero-order valence-electron chi connectivity index (χ0n) is 16.0. The molecule has 0 aliphatic heterocycles. The van der Waals surface area contributed by atoms with Crippen molar-refractivity contribution in [2.24, 2.45) is 0 Å². The topological polar surface area (TPSA) is 59.5 Å². The third-order valence-corrected chi connectivity index (χ3v) is 4.75. The molecule has 0 saturated heterocycles. The van der Waals surface area contributed by atoms with E-state index in [0.29, 0.717) is 17.6 Å². The number of benzene rings is 2. The van der Waals surface area contributed by atoms with Crippen LogP contribution in [-0.2, 0) is 22.6 Å². The van der Waals surface area contributed by atoms with Crippen LogP contribution in [-0.4, -0.2) is 27.9 Å². The summed E-state index contributed by atoms with van der Waals surface area (Å²) in [5, 5.41) is 0. The first-order valence-electron chi connectivity index (χ1n) is 9.21. The largest absolute Gasteiger partial charge is 0.449 e. The number of carbonyl (C=O) groups excluding carboxylic acids is 2. The lowest BCUT2D eigenvalue weighted by atomic mass is 10.1. The zero-order valence-corrected chi connectivity index (χ0v) is 17.6. The van der Waals surface area contributed by atoms with Crippen LogP contribution in [0.5, 0.6) is 0 Å². The van der Waals surface area contributed by atoms with Crippen LogP contribution in [0, 0.1) is 0 Å². The van der Waals surface area contributed by atoms with Gasteiger partial charge in [0.25, 0.3) is 5.91 Å². The Balaban J connectivity index is 1.74. The van der Waals surface area contributed by atoms with Gasteiger partial charge in [-0.3, -0.25) is 9.78 Å². The molecule has 0 aliphatic carbocycles. The minimum Gasteiger partial charge on any atom is -0.449 e. The van der Waals surface area contributed by atoms with Crippen molar-refractivity contribution < 1.29 is 14.3 Å². The molecule has 5 nitrogen and oxygen atoms in total. The van der Waals surface area contributed by atoms with Gasteiger partial charge in [0.05, 0.1) is 5.56 Å². The van der Waals surface area contributed by atoms with Gasteiger partial charge >= 0.3 is 5.97 Å². The summed E-state index contributed by atoms with van der Waals surface area (Å²) < 4.78 is 6.09. The molecule has 1 heterocycles. The van der Waals surface area contributed by atoms with Crippen molar-refractivity contribution in [1.29, 1.82) is 0 Å². The molecule has 0 saturated carbocycles. The number of amides is 1. The minimum absolute atomic E-state index is 0.256. The number of rotatable bonds is 7. The molecule has 3 rings (SSSR count). The summed E-state index contributed by atoms with van der Waals surface area (Å²) in [6.45, 7) is 2.44. The van der Waals surface area contributed by atoms with Gasteiger partial charge < -0.3 is 9.64 Å². The molecule has 148 valence electrons. The van der Waals surface area contributed by atoms with E-state index in [1.54, 1.807) is 24.1 Å². The van der Waals surface area contributed by atoms with Gasteiger partial charge in [-0.2, -0.15) is 0 Å². The number of hydrogen-bond acceptors (Lipinski definition) is 4. The Morgan fingerprint density at radius 2 is 1.52 bits per heavy atom. The maximum atomic E-state index is 13.1. The molecule has 2 aromatic carbocycles. The van der Waals surface area contributed by atoms with Gasteiger partial charge in [-0.25, -0.2) is 4.79 Å². The Morgan fingerprint density at radius 1 is 0.966 bits per heavy atom. The van der Waals surface area contributed by atoms with E-state index in [-0.39, 0.29) is 11.5 Å². The molecule has 3 aromatic rings. The first kappa shape index (κ1) is 20.7. The number of ether oxygens (including phenoxy) is 1. The molecule has 1 aromatic heterocycles. The fourth-order valence-corrected chi connectivity index (χ4v) is 3.24. The summed E-state index contributed by atoms with van der Waals surface area (Å²) in [5.74, 6) is -0.840. The third kappa shape index (κ3) is 5.99. The molecule has 6 heteroatoms. The molecule has 0 fully saturated rings. The summed E-state index contributed by atoms with van der Waals surface area (Å²) >= 11 is 3.28. The van der Waals surface area contributed by atoms with Crippen LogP contribution in [0.3, 0.4) is 0 Å². The maximum absolute atomic E-state index is 13.1. The first-order valence-corrected chi connectivity index (χ1v) is 10.0. The Hall–Kier alpha value is -2.99. The van der Waals surface area contributed by atoms with E-state index in [1.165, 1.54) is 6.20 Å². The molecular weight excluding hydrogens is 432 g/mol. The lowest BCUT2D eigenvalue weighted by Crippen LogP contribution is -2.39. The van der Waals surface area contributed by atoms with E-state index >= 15 is 0 Å². The average Bonchev–Trinajstić information content (AvgIpc) is 2.74. The van der Waals surface area contributed by atoms with Gasteiger partial charge in [0, 0.05) is 30.0 Å². The van der Waals surface area contributed by atoms with E-state index in [0.717, 1.165) is 11.1 Å². The van der Waals surface area contributed by atoms with Crippen LogP contribution in [0.25, 0.3) is 0 Å². The van der Waals surface area contributed by atoms with Crippen molar-refractivity contribution in [3.63, 3.8) is 0 Å². The lowest BCUT2D eigenvalue weighted by Gasteiger charge is -2.26. The Labute approximate surface area is 178 Å². The lowest BCUT2D eigenvalue weighted by molar-refractivity contribution is -0.141. The fraction of sp³-hybridized carbons (Fsp3) is 0.174. The molecule has 0 radical (unpaired) electrons. The molecule has 1 atom stereocenters. The number of pyridine rings is 1. The Morgan fingerprint density at radius 3 is 2.03 bits per heavy atom. The number of carbonyl (C=O) groups is 2. The van der Waals surface area contributed by atoms with E-state index < -0.39 is 12.1 Å². The summed E-state index contributed by atoms with van der Waals surface area (Å²) in [7, 11) is 0. The average molecular weight is 453 g/mol. The predicted octanol–water partition coefficient (Wildman–Crippen LogP) is 4.62. The minimum atomic E-state index is -0.922. The van der Waals surface area contributed by atoms with Crippen LogP contribution in [0.1, 0.15) is 28.4 Å². The number of hydrogen-bond donors (Lipinski definition) is 0. The van der Waals surface area contributed by atoms with E-state index in [4.69, 9.17) is 4.74 Å². The molecular formula is C23H21BrN2O3. The molecule has 0 bridgehead atoms. The summed E-state index contributed by atoms with van der Waals surface area (Å²) in [4.78, 5) is 31.2. The highest BCUT2D eigenvalue weighted by Gasteiger charge is 2.25. The number of esters is 1. The predicted molar refractivity (Wildman–Crippen MR) is 114 cm³/mol. The summed E-state index contributed by atoms with van der Waals surface area (Å²) in [6.07, 6.45) is 2.07. The van der Waals surface area contributed by atoms with Crippen molar-refractivity contribution in [2.75, 3.05) is 0 Å². The Bertz CT molecular complexity index is 923. The van der Waals surface area contributed by atoms with Crippen LogP contribution < -0.4 is 0 Å². The van der Waals surface area contributed by atoms with Crippen molar-refractivity contribution in [3.8, 4) is 0 Å². The highest BCUT2D eigenvalue weighted by Crippen LogP contribution is 2.15. The SMILES string of the molecule is C[C@@H](OC(=O)c1cncc(Br)c1)C(=O)N(Cc1ccccc1)Cc1ccccc1. The second kappa shape index (κ2) is 9.98. The second-order valence-corrected chi connectivity index (χ2v) is 7.52. The quantitative estimate of drug-likeness (QED) is 0.490. The van der Waals surface area contributed by atoms with Gasteiger partial charge in [-0.05, 0) is 40.0 Å². The van der Waals surface area contributed by atoms with Crippen molar-refractivity contribution in [3.05, 3.63) is 100 Å². The number of nitrogens with zero attached hydrogens (tertiary/aromatic N) is 2.